The number of alkyl halides is 2. The number of benzene rings is 2. The minimum Gasteiger partial charge on any atom is -0.432 e. The van der Waals surface area contributed by atoms with Crippen LogP contribution >= 0.6 is 0 Å². The van der Waals surface area contributed by atoms with Gasteiger partial charge in [0.1, 0.15) is 23.1 Å². The Labute approximate surface area is 186 Å². The molecule has 33 heavy (non-hydrogen) atoms. The van der Waals surface area contributed by atoms with E-state index in [0.29, 0.717) is 25.0 Å². The largest absolute Gasteiger partial charge is 0.432 e. The van der Waals surface area contributed by atoms with Gasteiger partial charge in [-0.1, -0.05) is 24.3 Å². The molecule has 1 aliphatic carbocycles. The summed E-state index contributed by atoms with van der Waals surface area (Å²) in [4.78, 5) is 0. The van der Waals surface area contributed by atoms with E-state index >= 15 is 0 Å². The average molecular weight is 474 g/mol. The fourth-order valence-corrected chi connectivity index (χ4v) is 3.88. The molecule has 1 aliphatic rings. The SMILES string of the molecule is CC=CC1CCC(C(F)(F)Oc2cc(F)c(-c3ccc(OC(F)=C(F)F)cc3)c(F)c2)CC1. The van der Waals surface area contributed by atoms with Gasteiger partial charge < -0.3 is 9.47 Å². The van der Waals surface area contributed by atoms with Crippen molar-refractivity contribution >= 4 is 0 Å². The molecule has 9 heteroatoms. The van der Waals surface area contributed by atoms with E-state index in [0.717, 1.165) is 24.3 Å². The van der Waals surface area contributed by atoms with Crippen molar-refractivity contribution in [2.24, 2.45) is 11.8 Å². The first-order valence-electron chi connectivity index (χ1n) is 10.3. The van der Waals surface area contributed by atoms with Crippen molar-refractivity contribution < 1.29 is 40.2 Å². The molecule has 2 aromatic rings. The van der Waals surface area contributed by atoms with E-state index in [9.17, 15) is 30.7 Å². The van der Waals surface area contributed by atoms with E-state index in [2.05, 4.69) is 4.74 Å². The number of hydrogen-bond donors (Lipinski definition) is 0. The maximum atomic E-state index is 14.6. The molecule has 0 aromatic heterocycles. The second-order valence-corrected chi connectivity index (χ2v) is 7.72. The van der Waals surface area contributed by atoms with Gasteiger partial charge in [-0.05, 0) is 56.2 Å². The number of rotatable bonds is 7. The molecule has 178 valence electrons. The van der Waals surface area contributed by atoms with Gasteiger partial charge in [-0.25, -0.2) is 8.78 Å². The lowest BCUT2D eigenvalue weighted by Gasteiger charge is -2.32. The van der Waals surface area contributed by atoms with Crippen LogP contribution in [0.25, 0.3) is 11.1 Å². The van der Waals surface area contributed by atoms with E-state index in [1.54, 1.807) is 0 Å². The molecule has 0 aliphatic heterocycles. The van der Waals surface area contributed by atoms with Crippen molar-refractivity contribution in [3.8, 4) is 22.6 Å². The molecule has 0 atom stereocenters. The Hall–Kier alpha value is -2.97. The highest BCUT2D eigenvalue weighted by atomic mass is 19.3. The van der Waals surface area contributed by atoms with Crippen LogP contribution in [0.1, 0.15) is 32.6 Å². The van der Waals surface area contributed by atoms with Crippen molar-refractivity contribution in [1.82, 2.24) is 0 Å². The number of hydrogen-bond acceptors (Lipinski definition) is 2. The fraction of sp³-hybridized carbons (Fsp3) is 0.333. The van der Waals surface area contributed by atoms with Crippen LogP contribution in [0.5, 0.6) is 11.5 Å². The molecule has 0 unspecified atom stereocenters. The van der Waals surface area contributed by atoms with Crippen molar-refractivity contribution in [2.75, 3.05) is 0 Å². The predicted molar refractivity (Wildman–Crippen MR) is 109 cm³/mol. The van der Waals surface area contributed by atoms with Crippen LogP contribution in [0.4, 0.5) is 30.7 Å². The zero-order valence-corrected chi connectivity index (χ0v) is 17.6. The molecule has 1 saturated carbocycles. The first kappa shape index (κ1) is 24.7. The van der Waals surface area contributed by atoms with E-state index in [4.69, 9.17) is 4.74 Å². The van der Waals surface area contributed by atoms with Gasteiger partial charge in [0.25, 0.3) is 0 Å². The second-order valence-electron chi connectivity index (χ2n) is 7.72. The number of ether oxygens (including phenoxy) is 2. The predicted octanol–water partition coefficient (Wildman–Crippen LogP) is 8.40. The van der Waals surface area contributed by atoms with Crippen LogP contribution in [0.3, 0.4) is 0 Å². The molecule has 0 spiro atoms. The minimum atomic E-state index is -3.59. The van der Waals surface area contributed by atoms with Crippen LogP contribution in [0.15, 0.2) is 60.6 Å². The maximum absolute atomic E-state index is 14.6. The topological polar surface area (TPSA) is 18.5 Å². The standard InChI is InChI=1S/C24H21F7O2/c1-2-3-14-4-8-16(9-5-14)24(30,31)33-18-12-19(25)21(20(26)13-18)15-6-10-17(11-7-15)32-23(29)22(27)28/h2-3,6-7,10-14,16H,4-5,8-9H2,1H3. The normalized spacial score (nSPS) is 18.9. The minimum absolute atomic E-state index is 0.0388. The van der Waals surface area contributed by atoms with Crippen LogP contribution in [-0.2, 0) is 0 Å². The summed E-state index contributed by atoms with van der Waals surface area (Å²) in [6.45, 7) is 1.86. The first-order valence-corrected chi connectivity index (χ1v) is 10.3. The molecular weight excluding hydrogens is 453 g/mol. The quantitative estimate of drug-likeness (QED) is 0.228. The Morgan fingerprint density at radius 3 is 2.00 bits per heavy atom. The van der Waals surface area contributed by atoms with Gasteiger partial charge in [-0.3, -0.25) is 0 Å². The lowest BCUT2D eigenvalue weighted by Crippen LogP contribution is -2.37. The van der Waals surface area contributed by atoms with E-state index < -0.39 is 47.1 Å². The van der Waals surface area contributed by atoms with Crippen LogP contribution in [-0.4, -0.2) is 6.11 Å². The van der Waals surface area contributed by atoms with Gasteiger partial charge in [-0.2, -0.15) is 22.0 Å². The molecule has 3 rings (SSSR count). The van der Waals surface area contributed by atoms with Crippen molar-refractivity contribution in [3.05, 3.63) is 72.3 Å². The highest BCUT2D eigenvalue weighted by Gasteiger charge is 2.44. The Morgan fingerprint density at radius 1 is 0.909 bits per heavy atom. The molecule has 0 saturated heterocycles. The van der Waals surface area contributed by atoms with Crippen molar-refractivity contribution in [1.29, 1.82) is 0 Å². The molecule has 0 amide bonds. The molecule has 1 fully saturated rings. The number of halogens is 7. The Bertz CT molecular complexity index is 997. The average Bonchev–Trinajstić information content (AvgIpc) is 2.74. The second kappa shape index (κ2) is 10.3. The summed E-state index contributed by atoms with van der Waals surface area (Å²) in [5.74, 6) is -4.13. The highest BCUT2D eigenvalue weighted by molar-refractivity contribution is 5.66. The summed E-state index contributed by atoms with van der Waals surface area (Å²) in [5, 5.41) is 0. The summed E-state index contributed by atoms with van der Waals surface area (Å²) < 4.78 is 104. The fourth-order valence-electron chi connectivity index (χ4n) is 3.88. The van der Waals surface area contributed by atoms with Gasteiger partial charge in [0.05, 0.1) is 11.5 Å². The molecule has 2 aromatic carbocycles. The molecular formula is C24H21F7O2. The van der Waals surface area contributed by atoms with Crippen LogP contribution < -0.4 is 9.47 Å². The highest BCUT2D eigenvalue weighted by Crippen LogP contribution is 2.41. The van der Waals surface area contributed by atoms with Gasteiger partial charge in [-0.15, -0.1) is 0 Å². The Balaban J connectivity index is 1.74. The molecule has 0 radical (unpaired) electrons. The lowest BCUT2D eigenvalue weighted by molar-refractivity contribution is -0.223. The molecule has 0 heterocycles. The zero-order valence-electron chi connectivity index (χ0n) is 17.6. The molecule has 2 nitrogen and oxygen atoms in total. The Morgan fingerprint density at radius 2 is 1.48 bits per heavy atom. The molecule has 0 N–H and O–H groups in total. The first-order chi connectivity index (χ1) is 15.6. The summed E-state index contributed by atoms with van der Waals surface area (Å²) in [6.07, 6.45) is -0.794. The smallest absolute Gasteiger partial charge is 0.400 e. The van der Waals surface area contributed by atoms with E-state index in [1.807, 2.05) is 19.1 Å². The zero-order chi connectivity index (χ0) is 24.2. The Kier molecular flexibility index (Phi) is 7.71. The van der Waals surface area contributed by atoms with E-state index in [-0.39, 0.29) is 30.1 Å². The van der Waals surface area contributed by atoms with Crippen LogP contribution in [0, 0.1) is 23.5 Å². The van der Waals surface area contributed by atoms with Crippen molar-refractivity contribution in [3.63, 3.8) is 0 Å². The van der Waals surface area contributed by atoms with Crippen molar-refractivity contribution in [2.45, 2.75) is 38.7 Å². The summed E-state index contributed by atoms with van der Waals surface area (Å²) in [6, 6.07) is 3.49. The lowest BCUT2D eigenvalue weighted by atomic mass is 9.81. The third-order valence-electron chi connectivity index (χ3n) is 5.48. The monoisotopic (exact) mass is 474 g/mol. The van der Waals surface area contributed by atoms with Crippen LogP contribution in [0.2, 0.25) is 0 Å². The van der Waals surface area contributed by atoms with Gasteiger partial charge in [0, 0.05) is 12.1 Å². The summed E-state index contributed by atoms with van der Waals surface area (Å²) in [7, 11) is 0. The summed E-state index contributed by atoms with van der Waals surface area (Å²) in [5.41, 5.74) is -0.583. The van der Waals surface area contributed by atoms with Gasteiger partial charge in [0.2, 0.25) is 0 Å². The van der Waals surface area contributed by atoms with Gasteiger partial charge in [0.15, 0.2) is 0 Å². The third kappa shape index (κ3) is 6.09. The molecule has 0 bridgehead atoms. The third-order valence-corrected chi connectivity index (χ3v) is 5.48. The maximum Gasteiger partial charge on any atom is 0.400 e. The number of allylic oxidation sites excluding steroid dienone is 2. The van der Waals surface area contributed by atoms with E-state index in [1.165, 1.54) is 0 Å². The van der Waals surface area contributed by atoms with Gasteiger partial charge >= 0.3 is 18.2 Å². The summed E-state index contributed by atoms with van der Waals surface area (Å²) >= 11 is 0.